The third-order valence-electron chi connectivity index (χ3n) is 3.21. The second-order valence-electron chi connectivity index (χ2n) is 4.98. The number of hydrogen-bond acceptors (Lipinski definition) is 1. The molecule has 0 aliphatic heterocycles. The number of para-hydroxylation sites is 1. The molecule has 1 aromatic rings. The molecular weight excluding hydrogens is 314 g/mol. The van der Waals surface area contributed by atoms with Crippen LogP contribution in [0, 0.1) is 0 Å². The summed E-state index contributed by atoms with van der Waals surface area (Å²) in [6.07, 6.45) is 10.8. The minimum absolute atomic E-state index is 0.101. The fourth-order valence-corrected chi connectivity index (χ4v) is 2.44. The second-order valence-corrected chi connectivity index (χ2v) is 5.83. The second kappa shape index (κ2) is 10.7. The SMILES string of the molecule is C=CCCCCCCCCC(=O)Nc1ccccc1Br. The molecule has 0 radical (unpaired) electrons. The van der Waals surface area contributed by atoms with E-state index in [-0.39, 0.29) is 5.91 Å². The molecule has 1 aromatic carbocycles. The quantitative estimate of drug-likeness (QED) is 0.431. The fraction of sp³-hybridized carbons (Fsp3) is 0.471. The summed E-state index contributed by atoms with van der Waals surface area (Å²) in [5.74, 6) is 0.101. The molecule has 2 nitrogen and oxygen atoms in total. The molecule has 0 aliphatic carbocycles. The zero-order valence-corrected chi connectivity index (χ0v) is 13.6. The number of carbonyl (C=O) groups excluding carboxylic acids is 1. The first-order valence-corrected chi connectivity index (χ1v) is 8.18. The van der Waals surface area contributed by atoms with Gasteiger partial charge in [-0.05, 0) is 47.3 Å². The lowest BCUT2D eigenvalue weighted by atomic mass is 10.1. The predicted molar refractivity (Wildman–Crippen MR) is 89.9 cm³/mol. The molecule has 0 saturated carbocycles. The van der Waals surface area contributed by atoms with E-state index in [9.17, 15) is 4.79 Å². The highest BCUT2D eigenvalue weighted by atomic mass is 79.9. The Kier molecular flexibility index (Phi) is 9.05. The van der Waals surface area contributed by atoms with Crippen molar-refractivity contribution >= 4 is 27.5 Å². The van der Waals surface area contributed by atoms with E-state index in [0.717, 1.165) is 29.4 Å². The van der Waals surface area contributed by atoms with Crippen LogP contribution in [0.4, 0.5) is 5.69 Å². The van der Waals surface area contributed by atoms with Crippen LogP contribution in [-0.2, 0) is 4.79 Å². The van der Waals surface area contributed by atoms with Crippen LogP contribution in [0.5, 0.6) is 0 Å². The molecule has 0 aliphatic rings. The van der Waals surface area contributed by atoms with Crippen LogP contribution in [-0.4, -0.2) is 5.91 Å². The van der Waals surface area contributed by atoms with Crippen LogP contribution in [0.25, 0.3) is 0 Å². The maximum Gasteiger partial charge on any atom is 0.224 e. The standard InChI is InChI=1S/C17H24BrNO/c1-2-3-4-5-6-7-8-9-14-17(20)19-16-13-11-10-12-15(16)18/h2,10-13H,1,3-9,14H2,(H,19,20). The molecule has 0 atom stereocenters. The summed E-state index contributed by atoms with van der Waals surface area (Å²) >= 11 is 3.43. The smallest absolute Gasteiger partial charge is 0.224 e. The fourth-order valence-electron chi connectivity index (χ4n) is 2.06. The van der Waals surface area contributed by atoms with Crippen molar-refractivity contribution < 1.29 is 4.79 Å². The average Bonchev–Trinajstić information content (AvgIpc) is 2.44. The van der Waals surface area contributed by atoms with Crippen molar-refractivity contribution in [3.8, 4) is 0 Å². The van der Waals surface area contributed by atoms with Crippen LogP contribution >= 0.6 is 15.9 Å². The van der Waals surface area contributed by atoms with Crippen molar-refractivity contribution in [1.82, 2.24) is 0 Å². The Morgan fingerprint density at radius 2 is 1.75 bits per heavy atom. The molecule has 110 valence electrons. The summed E-state index contributed by atoms with van der Waals surface area (Å²) in [5.41, 5.74) is 0.849. The summed E-state index contributed by atoms with van der Waals surface area (Å²) in [7, 11) is 0. The minimum atomic E-state index is 0.101. The third kappa shape index (κ3) is 7.49. The van der Waals surface area contributed by atoms with Crippen molar-refractivity contribution in [2.24, 2.45) is 0 Å². The number of benzene rings is 1. The van der Waals surface area contributed by atoms with Crippen LogP contribution in [0.3, 0.4) is 0 Å². The first-order chi connectivity index (χ1) is 9.74. The summed E-state index contributed by atoms with van der Waals surface area (Å²) in [6, 6.07) is 7.69. The predicted octanol–water partition coefficient (Wildman–Crippen LogP) is 5.69. The van der Waals surface area contributed by atoms with Crippen molar-refractivity contribution in [3.05, 3.63) is 41.4 Å². The van der Waals surface area contributed by atoms with Crippen LogP contribution in [0.1, 0.15) is 51.4 Å². The highest BCUT2D eigenvalue weighted by Gasteiger charge is 2.04. The van der Waals surface area contributed by atoms with Crippen LogP contribution < -0.4 is 5.32 Å². The number of rotatable bonds is 10. The van der Waals surface area contributed by atoms with Gasteiger partial charge >= 0.3 is 0 Å². The van der Waals surface area contributed by atoms with E-state index < -0.39 is 0 Å². The van der Waals surface area contributed by atoms with Gasteiger partial charge in [0, 0.05) is 10.9 Å². The van der Waals surface area contributed by atoms with Gasteiger partial charge in [0.2, 0.25) is 5.91 Å². The van der Waals surface area contributed by atoms with E-state index in [1.54, 1.807) is 0 Å². The zero-order valence-electron chi connectivity index (χ0n) is 12.0. The number of anilines is 1. The minimum Gasteiger partial charge on any atom is -0.325 e. The van der Waals surface area contributed by atoms with Gasteiger partial charge in [0.15, 0.2) is 0 Å². The Labute approximate surface area is 130 Å². The lowest BCUT2D eigenvalue weighted by Gasteiger charge is -2.07. The highest BCUT2D eigenvalue weighted by molar-refractivity contribution is 9.10. The van der Waals surface area contributed by atoms with Crippen LogP contribution in [0.2, 0.25) is 0 Å². The summed E-state index contributed by atoms with van der Waals surface area (Å²) in [4.78, 5) is 11.8. The lowest BCUT2D eigenvalue weighted by molar-refractivity contribution is -0.116. The van der Waals surface area contributed by atoms with Gasteiger partial charge in [0.05, 0.1) is 5.69 Å². The molecule has 0 heterocycles. The van der Waals surface area contributed by atoms with Gasteiger partial charge in [-0.3, -0.25) is 4.79 Å². The van der Waals surface area contributed by atoms with Gasteiger partial charge in [-0.2, -0.15) is 0 Å². The molecule has 0 saturated heterocycles. The molecule has 1 rings (SSSR count). The van der Waals surface area contributed by atoms with Crippen molar-refractivity contribution in [2.75, 3.05) is 5.32 Å². The van der Waals surface area contributed by atoms with E-state index >= 15 is 0 Å². The van der Waals surface area contributed by atoms with Crippen molar-refractivity contribution in [1.29, 1.82) is 0 Å². The van der Waals surface area contributed by atoms with Gasteiger partial charge in [-0.1, -0.05) is 43.9 Å². The number of allylic oxidation sites excluding steroid dienone is 1. The Hall–Kier alpha value is -1.09. The van der Waals surface area contributed by atoms with E-state index in [4.69, 9.17) is 0 Å². The van der Waals surface area contributed by atoms with Crippen molar-refractivity contribution in [2.45, 2.75) is 51.4 Å². The Bertz CT molecular complexity index is 417. The first-order valence-electron chi connectivity index (χ1n) is 7.39. The molecule has 0 fully saturated rings. The molecule has 0 unspecified atom stereocenters. The number of hydrogen-bond donors (Lipinski definition) is 1. The Balaban J connectivity index is 2.06. The summed E-state index contributed by atoms with van der Waals surface area (Å²) < 4.78 is 0.926. The first kappa shape index (κ1) is 17.0. The van der Waals surface area contributed by atoms with E-state index in [1.165, 1.54) is 25.7 Å². The topological polar surface area (TPSA) is 29.1 Å². The highest BCUT2D eigenvalue weighted by Crippen LogP contribution is 2.21. The number of carbonyl (C=O) groups is 1. The zero-order chi connectivity index (χ0) is 14.6. The maximum atomic E-state index is 11.8. The molecular formula is C17H24BrNO. The molecule has 3 heteroatoms. The average molecular weight is 338 g/mol. The van der Waals surface area contributed by atoms with E-state index in [0.29, 0.717) is 6.42 Å². The number of amides is 1. The maximum absolute atomic E-state index is 11.8. The van der Waals surface area contributed by atoms with Crippen molar-refractivity contribution in [3.63, 3.8) is 0 Å². The van der Waals surface area contributed by atoms with Gasteiger partial charge in [0.1, 0.15) is 0 Å². The molecule has 1 amide bonds. The van der Waals surface area contributed by atoms with Gasteiger partial charge < -0.3 is 5.32 Å². The Morgan fingerprint density at radius 3 is 2.45 bits per heavy atom. The lowest BCUT2D eigenvalue weighted by Crippen LogP contribution is -2.11. The van der Waals surface area contributed by atoms with Gasteiger partial charge in [-0.15, -0.1) is 6.58 Å². The molecule has 0 bridgehead atoms. The van der Waals surface area contributed by atoms with Gasteiger partial charge in [-0.25, -0.2) is 0 Å². The van der Waals surface area contributed by atoms with E-state index in [2.05, 4.69) is 27.8 Å². The molecule has 0 spiro atoms. The van der Waals surface area contributed by atoms with Crippen LogP contribution in [0.15, 0.2) is 41.4 Å². The normalized spacial score (nSPS) is 10.2. The number of unbranched alkanes of at least 4 members (excludes halogenated alkanes) is 6. The third-order valence-corrected chi connectivity index (χ3v) is 3.90. The molecule has 1 N–H and O–H groups in total. The Morgan fingerprint density at radius 1 is 1.10 bits per heavy atom. The summed E-state index contributed by atoms with van der Waals surface area (Å²) in [5, 5.41) is 2.93. The molecule has 20 heavy (non-hydrogen) atoms. The molecule has 0 aromatic heterocycles. The number of nitrogens with one attached hydrogen (secondary N) is 1. The largest absolute Gasteiger partial charge is 0.325 e. The summed E-state index contributed by atoms with van der Waals surface area (Å²) in [6.45, 7) is 3.72. The monoisotopic (exact) mass is 337 g/mol. The van der Waals surface area contributed by atoms with Gasteiger partial charge in [0.25, 0.3) is 0 Å². The van der Waals surface area contributed by atoms with E-state index in [1.807, 2.05) is 30.3 Å². The number of halogens is 1.